The molecule has 0 saturated heterocycles. The van der Waals surface area contributed by atoms with E-state index in [0.717, 1.165) is 31.2 Å². The van der Waals surface area contributed by atoms with Crippen molar-refractivity contribution in [2.24, 2.45) is 11.8 Å². The third kappa shape index (κ3) is 3.59. The van der Waals surface area contributed by atoms with Crippen LogP contribution in [0.4, 0.5) is 8.78 Å². The van der Waals surface area contributed by atoms with Crippen molar-refractivity contribution < 1.29 is 13.6 Å². The van der Waals surface area contributed by atoms with Gasteiger partial charge in [-0.1, -0.05) is 68.3 Å². The number of thiol groups is 1. The quantitative estimate of drug-likeness (QED) is 0.538. The molecular formula is C21H24F2OS. The minimum Gasteiger partial charge on any atom is -0.286 e. The number of carbonyl (C=O) groups is 1. The molecule has 1 nitrogen and oxygen atoms in total. The van der Waals surface area contributed by atoms with Crippen molar-refractivity contribution in [3.63, 3.8) is 0 Å². The molecule has 1 aromatic rings. The molecule has 1 aromatic carbocycles. The smallest absolute Gasteiger partial charge is 0.255 e. The number of halogens is 2. The monoisotopic (exact) mass is 362 g/mol. The van der Waals surface area contributed by atoms with Crippen LogP contribution in [0.1, 0.15) is 49.7 Å². The summed E-state index contributed by atoms with van der Waals surface area (Å²) in [6.45, 7) is 2.25. The molecule has 0 unspecified atom stereocenters. The summed E-state index contributed by atoms with van der Waals surface area (Å²) in [4.78, 5) is 11.4. The van der Waals surface area contributed by atoms with Crippen LogP contribution in [0.25, 0.3) is 0 Å². The molecule has 0 bridgehead atoms. The molecule has 1 fully saturated rings. The summed E-state index contributed by atoms with van der Waals surface area (Å²) >= 11 is 3.82. The standard InChI is InChI=1S/C21H24F2OS/c1-14-6-8-15(9-7-14)17-4-2-3-5-18(17)21(20(22)23)12-10-16(11-13-21)19(24)25/h2-5,10-16,20H,6-9H2,1H3,(H,24,25). The maximum Gasteiger partial charge on any atom is 0.255 e. The second kappa shape index (κ2) is 7.45. The van der Waals surface area contributed by atoms with Gasteiger partial charge in [0.2, 0.25) is 0 Å². The Labute approximate surface area is 153 Å². The zero-order chi connectivity index (χ0) is 18.0. The maximum atomic E-state index is 14.2. The van der Waals surface area contributed by atoms with Gasteiger partial charge in [0.05, 0.1) is 11.3 Å². The Kier molecular flexibility index (Phi) is 5.47. The predicted octanol–water partition coefficient (Wildman–Crippen LogP) is 5.68. The summed E-state index contributed by atoms with van der Waals surface area (Å²) in [5.41, 5.74) is 0.237. The SMILES string of the molecule is CC1CCC(c2ccccc2C2(C(F)F)C=CC(C(=O)S)C=C2)CC1. The zero-order valence-corrected chi connectivity index (χ0v) is 15.3. The van der Waals surface area contributed by atoms with Gasteiger partial charge in [-0.05, 0) is 35.8 Å². The number of allylic oxidation sites excluding steroid dienone is 4. The lowest BCUT2D eigenvalue weighted by atomic mass is 9.70. The van der Waals surface area contributed by atoms with E-state index in [0.29, 0.717) is 17.4 Å². The fraction of sp³-hybridized carbons (Fsp3) is 0.476. The van der Waals surface area contributed by atoms with Crippen LogP contribution in [0.5, 0.6) is 0 Å². The van der Waals surface area contributed by atoms with E-state index < -0.39 is 17.8 Å². The van der Waals surface area contributed by atoms with Gasteiger partial charge < -0.3 is 0 Å². The van der Waals surface area contributed by atoms with Crippen molar-refractivity contribution in [1.29, 1.82) is 0 Å². The molecule has 0 spiro atoms. The first-order valence-electron chi connectivity index (χ1n) is 8.93. The average Bonchev–Trinajstić information content (AvgIpc) is 2.62. The van der Waals surface area contributed by atoms with Crippen molar-refractivity contribution in [2.75, 3.05) is 0 Å². The highest BCUT2D eigenvalue weighted by molar-refractivity contribution is 7.96. The van der Waals surface area contributed by atoms with Gasteiger partial charge in [-0.2, -0.15) is 0 Å². The van der Waals surface area contributed by atoms with Gasteiger partial charge in [-0.3, -0.25) is 4.79 Å². The zero-order valence-electron chi connectivity index (χ0n) is 14.4. The first kappa shape index (κ1) is 18.4. The van der Waals surface area contributed by atoms with Crippen LogP contribution in [0.2, 0.25) is 0 Å². The highest BCUT2D eigenvalue weighted by Gasteiger charge is 2.41. The molecule has 4 heteroatoms. The van der Waals surface area contributed by atoms with Crippen LogP contribution >= 0.6 is 12.6 Å². The van der Waals surface area contributed by atoms with Gasteiger partial charge in [0.1, 0.15) is 0 Å². The highest BCUT2D eigenvalue weighted by Crippen LogP contribution is 2.44. The first-order chi connectivity index (χ1) is 11.9. The summed E-state index contributed by atoms with van der Waals surface area (Å²) in [6.07, 6.45) is 7.92. The first-order valence-corrected chi connectivity index (χ1v) is 9.38. The Balaban J connectivity index is 2.00. The highest BCUT2D eigenvalue weighted by atomic mass is 32.1. The molecule has 0 heterocycles. The van der Waals surface area contributed by atoms with Crippen LogP contribution in [-0.4, -0.2) is 11.5 Å². The van der Waals surface area contributed by atoms with E-state index in [-0.39, 0.29) is 5.12 Å². The molecule has 0 aliphatic heterocycles. The Morgan fingerprint density at radius 2 is 1.72 bits per heavy atom. The van der Waals surface area contributed by atoms with Crippen molar-refractivity contribution in [3.05, 3.63) is 59.7 Å². The Hall–Kier alpha value is -1.42. The number of rotatable bonds is 4. The molecule has 0 aromatic heterocycles. The molecular weight excluding hydrogens is 338 g/mol. The molecule has 134 valence electrons. The third-order valence-corrected chi connectivity index (χ3v) is 5.99. The van der Waals surface area contributed by atoms with Crippen LogP contribution in [0.15, 0.2) is 48.6 Å². The summed E-state index contributed by atoms with van der Waals surface area (Å²) in [5, 5.41) is -0.329. The maximum absolute atomic E-state index is 14.2. The minimum absolute atomic E-state index is 0.328. The van der Waals surface area contributed by atoms with E-state index >= 15 is 0 Å². The van der Waals surface area contributed by atoms with Crippen molar-refractivity contribution in [1.82, 2.24) is 0 Å². The molecule has 0 atom stereocenters. The van der Waals surface area contributed by atoms with E-state index in [1.54, 1.807) is 12.2 Å². The summed E-state index contributed by atoms with van der Waals surface area (Å²) in [7, 11) is 0. The van der Waals surface area contributed by atoms with Gasteiger partial charge >= 0.3 is 0 Å². The van der Waals surface area contributed by atoms with E-state index in [2.05, 4.69) is 19.6 Å². The molecule has 25 heavy (non-hydrogen) atoms. The van der Waals surface area contributed by atoms with Gasteiger partial charge in [0.15, 0.2) is 5.12 Å². The third-order valence-electron chi connectivity index (χ3n) is 5.69. The number of benzene rings is 1. The predicted molar refractivity (Wildman–Crippen MR) is 100 cm³/mol. The van der Waals surface area contributed by atoms with Gasteiger partial charge in [-0.25, -0.2) is 8.78 Å². The van der Waals surface area contributed by atoms with Crippen LogP contribution in [0.3, 0.4) is 0 Å². The molecule has 1 saturated carbocycles. The molecule has 0 N–H and O–H groups in total. The second-order valence-corrected chi connectivity index (χ2v) is 7.80. The number of carbonyl (C=O) groups excluding carboxylic acids is 1. The Bertz CT molecular complexity index is 673. The van der Waals surface area contributed by atoms with E-state index in [1.807, 2.05) is 24.3 Å². The fourth-order valence-corrected chi connectivity index (χ4v) is 4.24. The van der Waals surface area contributed by atoms with Crippen molar-refractivity contribution in [3.8, 4) is 0 Å². The fourth-order valence-electron chi connectivity index (χ4n) is 4.07. The number of hydrogen-bond donors (Lipinski definition) is 1. The Morgan fingerprint density at radius 1 is 1.12 bits per heavy atom. The van der Waals surface area contributed by atoms with Crippen LogP contribution in [0, 0.1) is 11.8 Å². The van der Waals surface area contributed by atoms with Crippen molar-refractivity contribution >= 4 is 17.7 Å². The summed E-state index contributed by atoms with van der Waals surface area (Å²) in [6, 6.07) is 7.58. The molecule has 2 aliphatic rings. The molecule has 2 aliphatic carbocycles. The average molecular weight is 362 g/mol. The molecule has 0 amide bonds. The largest absolute Gasteiger partial charge is 0.286 e. The Morgan fingerprint density at radius 3 is 2.28 bits per heavy atom. The summed E-state index contributed by atoms with van der Waals surface area (Å²) < 4.78 is 28.4. The van der Waals surface area contributed by atoms with Gasteiger partial charge in [0.25, 0.3) is 6.43 Å². The van der Waals surface area contributed by atoms with E-state index in [1.165, 1.54) is 12.2 Å². The van der Waals surface area contributed by atoms with Gasteiger partial charge in [0, 0.05) is 0 Å². The lowest BCUT2D eigenvalue weighted by molar-refractivity contribution is -0.112. The number of alkyl halides is 2. The summed E-state index contributed by atoms with van der Waals surface area (Å²) in [5.74, 6) is 0.510. The lowest BCUT2D eigenvalue weighted by Gasteiger charge is -2.35. The normalized spacial score (nSPS) is 32.1. The molecule has 3 rings (SSSR count). The van der Waals surface area contributed by atoms with Crippen LogP contribution < -0.4 is 0 Å². The van der Waals surface area contributed by atoms with Crippen LogP contribution in [-0.2, 0) is 10.2 Å². The van der Waals surface area contributed by atoms with E-state index in [9.17, 15) is 13.6 Å². The van der Waals surface area contributed by atoms with E-state index in [4.69, 9.17) is 0 Å². The topological polar surface area (TPSA) is 17.1 Å². The van der Waals surface area contributed by atoms with Crippen molar-refractivity contribution in [2.45, 2.75) is 50.4 Å². The lowest BCUT2D eigenvalue weighted by Crippen LogP contribution is -2.34. The minimum atomic E-state index is -2.57. The molecule has 0 radical (unpaired) electrons. The number of hydrogen-bond acceptors (Lipinski definition) is 1. The second-order valence-electron chi connectivity index (χ2n) is 7.36. The van der Waals surface area contributed by atoms with Gasteiger partial charge in [-0.15, -0.1) is 12.6 Å².